The third kappa shape index (κ3) is 1.79. The Hall–Kier alpha value is -2.11. The van der Waals surface area contributed by atoms with Crippen LogP contribution in [0.2, 0.25) is 0 Å². The van der Waals surface area contributed by atoms with E-state index >= 15 is 0 Å². The maximum Gasteiger partial charge on any atom is 0.270 e. The van der Waals surface area contributed by atoms with E-state index in [9.17, 15) is 10.1 Å². The highest BCUT2D eigenvalue weighted by Gasteiger charge is 2.12. The lowest BCUT2D eigenvalue weighted by Gasteiger charge is -2.05. The predicted octanol–water partition coefficient (Wildman–Crippen LogP) is 0.887. The zero-order valence-electron chi connectivity index (χ0n) is 7.48. The van der Waals surface area contributed by atoms with Crippen LogP contribution < -0.4 is 10.5 Å². The number of rotatable bonds is 3. The molecule has 0 spiro atoms. The van der Waals surface area contributed by atoms with E-state index in [-0.39, 0.29) is 17.1 Å². The highest BCUT2D eigenvalue weighted by atomic mass is 16.6. The van der Waals surface area contributed by atoms with E-state index in [2.05, 4.69) is 0 Å². The van der Waals surface area contributed by atoms with Crippen molar-refractivity contribution < 1.29 is 9.66 Å². The Morgan fingerprint density at radius 3 is 2.71 bits per heavy atom. The van der Waals surface area contributed by atoms with E-state index < -0.39 is 4.92 Å². The lowest BCUT2D eigenvalue weighted by Crippen LogP contribution is -2.12. The van der Waals surface area contributed by atoms with Crippen molar-refractivity contribution in [3.8, 4) is 5.75 Å². The van der Waals surface area contributed by atoms with Crippen molar-refractivity contribution >= 4 is 11.5 Å². The first-order valence-corrected chi connectivity index (χ1v) is 3.73. The number of nitrogen functional groups attached to an aromatic ring is 1. The lowest BCUT2D eigenvalue weighted by molar-refractivity contribution is -0.384. The zero-order chi connectivity index (χ0) is 10.7. The average molecular weight is 195 g/mol. The fourth-order valence-corrected chi connectivity index (χ4v) is 1.02. The number of non-ortho nitro benzene ring substituents is 1. The van der Waals surface area contributed by atoms with Gasteiger partial charge in [-0.3, -0.25) is 15.5 Å². The summed E-state index contributed by atoms with van der Waals surface area (Å²) in [7, 11) is 1.41. The summed E-state index contributed by atoms with van der Waals surface area (Å²) in [4.78, 5) is 9.88. The minimum absolute atomic E-state index is 0.115. The van der Waals surface area contributed by atoms with Crippen LogP contribution in [-0.4, -0.2) is 17.9 Å². The number of hydrogen-bond acceptors (Lipinski definition) is 4. The zero-order valence-corrected chi connectivity index (χ0v) is 7.48. The molecule has 0 bridgehead atoms. The number of nitro benzene ring substituents is 1. The van der Waals surface area contributed by atoms with Crippen LogP contribution in [0.1, 0.15) is 5.56 Å². The van der Waals surface area contributed by atoms with E-state index in [1.54, 1.807) is 0 Å². The highest BCUT2D eigenvalue weighted by Crippen LogP contribution is 2.23. The lowest BCUT2D eigenvalue weighted by atomic mass is 10.1. The Morgan fingerprint density at radius 2 is 2.29 bits per heavy atom. The van der Waals surface area contributed by atoms with E-state index in [4.69, 9.17) is 15.9 Å². The quantitative estimate of drug-likeness (QED) is 0.323. The molecule has 1 aromatic rings. The number of nitrogens with two attached hydrogens (primary N) is 1. The molecule has 0 aromatic heterocycles. The van der Waals surface area contributed by atoms with Gasteiger partial charge in [-0.15, -0.1) is 0 Å². The van der Waals surface area contributed by atoms with Crippen LogP contribution in [0, 0.1) is 15.5 Å². The number of methoxy groups -OCH3 is 1. The van der Waals surface area contributed by atoms with Crippen molar-refractivity contribution in [2.45, 2.75) is 0 Å². The number of amidine groups is 1. The number of nitro groups is 1. The molecule has 0 amide bonds. The van der Waals surface area contributed by atoms with Crippen LogP contribution in [0.5, 0.6) is 5.75 Å². The van der Waals surface area contributed by atoms with Gasteiger partial charge >= 0.3 is 0 Å². The molecule has 6 nitrogen and oxygen atoms in total. The first-order chi connectivity index (χ1) is 6.56. The molecule has 3 N–H and O–H groups in total. The third-order valence-electron chi connectivity index (χ3n) is 1.68. The van der Waals surface area contributed by atoms with E-state index in [1.165, 1.54) is 25.3 Å². The van der Waals surface area contributed by atoms with Gasteiger partial charge in [0.05, 0.1) is 17.6 Å². The maximum atomic E-state index is 10.4. The Labute approximate surface area is 80.0 Å². The van der Waals surface area contributed by atoms with Gasteiger partial charge < -0.3 is 10.5 Å². The predicted molar refractivity (Wildman–Crippen MR) is 50.7 cm³/mol. The second kappa shape index (κ2) is 3.73. The highest BCUT2D eigenvalue weighted by molar-refractivity contribution is 5.98. The van der Waals surface area contributed by atoms with Crippen LogP contribution in [-0.2, 0) is 0 Å². The number of nitrogens with zero attached hydrogens (tertiary/aromatic N) is 1. The van der Waals surface area contributed by atoms with E-state index in [0.717, 1.165) is 0 Å². The van der Waals surface area contributed by atoms with Gasteiger partial charge in [-0.1, -0.05) is 0 Å². The molecule has 0 saturated heterocycles. The van der Waals surface area contributed by atoms with Crippen LogP contribution >= 0.6 is 0 Å². The van der Waals surface area contributed by atoms with Crippen molar-refractivity contribution in [1.82, 2.24) is 0 Å². The Kier molecular flexibility index (Phi) is 2.66. The Morgan fingerprint density at radius 1 is 1.64 bits per heavy atom. The van der Waals surface area contributed by atoms with Crippen LogP contribution in [0.3, 0.4) is 0 Å². The maximum absolute atomic E-state index is 10.4. The van der Waals surface area contributed by atoms with Gasteiger partial charge in [-0.05, 0) is 6.07 Å². The third-order valence-corrected chi connectivity index (χ3v) is 1.68. The normalized spacial score (nSPS) is 9.50. The van der Waals surface area contributed by atoms with Gasteiger partial charge in [-0.25, -0.2) is 0 Å². The molecule has 0 fully saturated rings. The van der Waals surface area contributed by atoms with Crippen molar-refractivity contribution in [3.05, 3.63) is 33.9 Å². The number of benzene rings is 1. The summed E-state index contributed by atoms with van der Waals surface area (Å²) in [6.07, 6.45) is 0. The summed E-state index contributed by atoms with van der Waals surface area (Å²) < 4.78 is 4.90. The fourth-order valence-electron chi connectivity index (χ4n) is 1.02. The summed E-state index contributed by atoms with van der Waals surface area (Å²) in [6.45, 7) is 0. The smallest absolute Gasteiger partial charge is 0.270 e. The molecule has 1 aromatic carbocycles. The molecular weight excluding hydrogens is 186 g/mol. The molecular formula is C8H9N3O3. The molecule has 6 heteroatoms. The van der Waals surface area contributed by atoms with Crippen LogP contribution in [0.15, 0.2) is 18.2 Å². The monoisotopic (exact) mass is 195 g/mol. The molecule has 0 atom stereocenters. The first-order valence-electron chi connectivity index (χ1n) is 3.73. The molecule has 0 aliphatic rings. The Balaban J connectivity index is 3.27. The van der Waals surface area contributed by atoms with Gasteiger partial charge in [0.1, 0.15) is 11.6 Å². The molecule has 0 radical (unpaired) electrons. The molecule has 0 aliphatic heterocycles. The standard InChI is InChI=1S/C8H9N3O3/c1-14-7-3-2-5(11(12)13)4-6(7)8(9)10/h2-4H,1H3,(H3,9,10). The van der Waals surface area contributed by atoms with Crippen LogP contribution in [0.25, 0.3) is 0 Å². The van der Waals surface area contributed by atoms with Crippen molar-refractivity contribution in [1.29, 1.82) is 5.41 Å². The van der Waals surface area contributed by atoms with Crippen molar-refractivity contribution in [2.75, 3.05) is 7.11 Å². The van der Waals surface area contributed by atoms with E-state index in [0.29, 0.717) is 5.75 Å². The summed E-state index contributed by atoms with van der Waals surface area (Å²) in [5.41, 5.74) is 5.35. The van der Waals surface area contributed by atoms with Gasteiger partial charge in [0.2, 0.25) is 0 Å². The first kappa shape index (κ1) is 9.97. The number of ether oxygens (including phenoxy) is 1. The second-order valence-electron chi connectivity index (χ2n) is 2.56. The largest absolute Gasteiger partial charge is 0.496 e. The second-order valence-corrected chi connectivity index (χ2v) is 2.56. The molecule has 14 heavy (non-hydrogen) atoms. The Bertz CT molecular complexity index is 389. The van der Waals surface area contributed by atoms with Gasteiger partial charge in [-0.2, -0.15) is 0 Å². The molecule has 0 aliphatic carbocycles. The van der Waals surface area contributed by atoms with Crippen molar-refractivity contribution in [2.24, 2.45) is 5.73 Å². The summed E-state index contributed by atoms with van der Waals surface area (Å²) in [6, 6.07) is 3.92. The number of hydrogen-bond donors (Lipinski definition) is 2. The fraction of sp³-hybridized carbons (Fsp3) is 0.125. The summed E-state index contributed by atoms with van der Waals surface area (Å²) in [5.74, 6) is 0.0913. The SMILES string of the molecule is COc1ccc([N+](=O)[O-])cc1C(=N)N. The minimum atomic E-state index is -0.550. The van der Waals surface area contributed by atoms with E-state index in [1.807, 2.05) is 0 Å². The van der Waals surface area contributed by atoms with Crippen molar-refractivity contribution in [3.63, 3.8) is 0 Å². The number of nitrogens with one attached hydrogen (secondary N) is 1. The molecule has 1 rings (SSSR count). The molecule has 0 heterocycles. The van der Waals surface area contributed by atoms with Gasteiger partial charge in [0, 0.05) is 12.1 Å². The molecule has 0 unspecified atom stereocenters. The summed E-state index contributed by atoms with van der Waals surface area (Å²) >= 11 is 0. The molecule has 0 saturated carbocycles. The topological polar surface area (TPSA) is 102 Å². The summed E-state index contributed by atoms with van der Waals surface area (Å²) in [5, 5.41) is 17.6. The van der Waals surface area contributed by atoms with Crippen LogP contribution in [0.4, 0.5) is 5.69 Å². The van der Waals surface area contributed by atoms with Gasteiger partial charge in [0.25, 0.3) is 5.69 Å². The van der Waals surface area contributed by atoms with Gasteiger partial charge in [0.15, 0.2) is 0 Å². The average Bonchev–Trinajstić information content (AvgIpc) is 2.16. The molecule has 74 valence electrons. The minimum Gasteiger partial charge on any atom is -0.496 e.